The minimum atomic E-state index is -1.14. The fourth-order valence-electron chi connectivity index (χ4n) is 3.88. The number of fused-ring (bicyclic) bond motifs is 1. The summed E-state index contributed by atoms with van der Waals surface area (Å²) in [6.45, 7) is 4.74. The fraction of sp³-hybridized carbons (Fsp3) is 0.609. The minimum absolute atomic E-state index is 0.0426. The first-order chi connectivity index (χ1) is 15.7. The quantitative estimate of drug-likeness (QED) is 0.274. The van der Waals surface area contributed by atoms with Gasteiger partial charge in [0.25, 0.3) is 0 Å². The molecule has 0 spiro atoms. The van der Waals surface area contributed by atoms with Crippen molar-refractivity contribution in [1.29, 1.82) is 0 Å². The number of carbonyl (C=O) groups excluding carboxylic acids is 2. The molecule has 0 bridgehead atoms. The Balaban J connectivity index is 2.30. The maximum Gasteiger partial charge on any atom is 0.326 e. The summed E-state index contributed by atoms with van der Waals surface area (Å²) >= 11 is 4.20. The third kappa shape index (κ3) is 7.43. The second kappa shape index (κ2) is 12.9. The molecular formula is C23H36N4O5S. The van der Waals surface area contributed by atoms with Gasteiger partial charge in [-0.2, -0.15) is 12.6 Å². The van der Waals surface area contributed by atoms with Crippen LogP contribution < -0.4 is 16.4 Å². The number of benzene rings is 1. The number of hydrogen-bond acceptors (Lipinski definition) is 7. The first-order valence-electron chi connectivity index (χ1n) is 11.2. The lowest BCUT2D eigenvalue weighted by atomic mass is 9.91. The van der Waals surface area contributed by atoms with E-state index in [1.165, 1.54) is 7.11 Å². The summed E-state index contributed by atoms with van der Waals surface area (Å²) in [6, 6.07) is 4.99. The number of aliphatic carboxylic acids is 1. The molecule has 0 saturated heterocycles. The number of ether oxygens (including phenoxy) is 1. The molecule has 2 amide bonds. The summed E-state index contributed by atoms with van der Waals surface area (Å²) in [5, 5.41) is 15.3. The Bertz CT molecular complexity index is 822. The van der Waals surface area contributed by atoms with Crippen LogP contribution in [-0.2, 0) is 32.1 Å². The molecule has 9 nitrogen and oxygen atoms in total. The summed E-state index contributed by atoms with van der Waals surface area (Å²) in [5.41, 5.74) is 7.91. The van der Waals surface area contributed by atoms with Crippen molar-refractivity contribution < 1.29 is 24.2 Å². The van der Waals surface area contributed by atoms with Crippen LogP contribution in [0.1, 0.15) is 31.4 Å². The highest BCUT2D eigenvalue weighted by molar-refractivity contribution is 7.80. The molecule has 3 unspecified atom stereocenters. The number of carboxylic acid groups (broad SMARTS) is 1. The number of rotatable bonds is 12. The van der Waals surface area contributed by atoms with Crippen molar-refractivity contribution in [1.82, 2.24) is 15.5 Å². The molecule has 0 fully saturated rings. The maximum atomic E-state index is 13.6. The van der Waals surface area contributed by atoms with Crippen LogP contribution in [0.2, 0.25) is 0 Å². The van der Waals surface area contributed by atoms with Crippen LogP contribution in [-0.4, -0.2) is 78.0 Å². The van der Waals surface area contributed by atoms with Gasteiger partial charge >= 0.3 is 5.97 Å². The van der Waals surface area contributed by atoms with Gasteiger partial charge in [0.15, 0.2) is 0 Å². The van der Waals surface area contributed by atoms with E-state index in [0.29, 0.717) is 18.7 Å². The van der Waals surface area contributed by atoms with Crippen LogP contribution in [0.3, 0.4) is 0 Å². The van der Waals surface area contributed by atoms with Gasteiger partial charge in [0.05, 0.1) is 6.04 Å². The van der Waals surface area contributed by atoms with E-state index < -0.39 is 30.0 Å². The summed E-state index contributed by atoms with van der Waals surface area (Å²) < 4.78 is 4.97. The average molecular weight is 481 g/mol. The van der Waals surface area contributed by atoms with E-state index in [0.717, 1.165) is 11.1 Å². The molecule has 0 radical (unpaired) electrons. The second-order valence-corrected chi connectivity index (χ2v) is 9.07. The van der Waals surface area contributed by atoms with E-state index >= 15 is 0 Å². The average Bonchev–Trinajstić information content (AvgIpc) is 2.79. The molecule has 0 aliphatic carbocycles. The van der Waals surface area contributed by atoms with E-state index in [-0.39, 0.29) is 37.4 Å². The normalized spacial score (nSPS) is 18.4. The summed E-state index contributed by atoms with van der Waals surface area (Å²) in [4.78, 5) is 40.1. The topological polar surface area (TPSA) is 134 Å². The van der Waals surface area contributed by atoms with Gasteiger partial charge in [0, 0.05) is 51.4 Å². The number of carbonyl (C=O) groups is 3. The SMILES string of the molecule is COCCC(NC(=O)C1Cc2ccccc2CN1C(=O)[C@@H](NCC(N)CS)C(C)C)C(=O)O. The Labute approximate surface area is 200 Å². The van der Waals surface area contributed by atoms with Gasteiger partial charge in [-0.05, 0) is 17.0 Å². The lowest BCUT2D eigenvalue weighted by Gasteiger charge is -2.39. The van der Waals surface area contributed by atoms with Crippen LogP contribution in [0.15, 0.2) is 24.3 Å². The second-order valence-electron chi connectivity index (χ2n) is 8.71. The Morgan fingerprint density at radius 3 is 2.52 bits per heavy atom. The van der Waals surface area contributed by atoms with Crippen LogP contribution in [0.25, 0.3) is 0 Å². The highest BCUT2D eigenvalue weighted by atomic mass is 32.1. The number of carboxylic acids is 1. The number of thiol groups is 1. The summed E-state index contributed by atoms with van der Waals surface area (Å²) in [6.07, 6.45) is 0.442. The first kappa shape index (κ1) is 27.1. The van der Waals surface area contributed by atoms with Crippen molar-refractivity contribution in [3.05, 3.63) is 35.4 Å². The molecule has 184 valence electrons. The van der Waals surface area contributed by atoms with Gasteiger partial charge in [-0.3, -0.25) is 9.59 Å². The van der Waals surface area contributed by atoms with Crippen LogP contribution >= 0.6 is 12.6 Å². The van der Waals surface area contributed by atoms with Gasteiger partial charge in [-0.15, -0.1) is 0 Å². The van der Waals surface area contributed by atoms with Gasteiger partial charge in [0.2, 0.25) is 11.8 Å². The molecule has 1 aliphatic heterocycles. The van der Waals surface area contributed by atoms with E-state index in [9.17, 15) is 19.5 Å². The predicted molar refractivity (Wildman–Crippen MR) is 129 cm³/mol. The maximum absolute atomic E-state index is 13.6. The predicted octanol–water partition coefficient (Wildman–Crippen LogP) is 0.417. The molecule has 1 aromatic rings. The number of amides is 2. The Morgan fingerprint density at radius 1 is 1.27 bits per heavy atom. The number of hydrogen-bond donors (Lipinski definition) is 5. The zero-order chi connectivity index (χ0) is 24.5. The van der Waals surface area contributed by atoms with E-state index in [1.54, 1.807) is 4.90 Å². The highest BCUT2D eigenvalue weighted by Gasteiger charge is 2.39. The lowest BCUT2D eigenvalue weighted by Crippen LogP contribution is -2.60. The van der Waals surface area contributed by atoms with Gasteiger partial charge in [-0.1, -0.05) is 38.1 Å². The molecule has 0 saturated carbocycles. The molecule has 2 rings (SSSR count). The Hall–Kier alpha value is -2.14. The standard InChI is InChI=1S/C23H36N4O5S/c1-14(2)20(25-11-17(24)13-33)22(29)27-12-16-7-5-4-6-15(16)10-19(27)21(28)26-18(23(30)31)8-9-32-3/h4-7,14,17-20,25,33H,8-13,24H2,1-3H3,(H,26,28)(H,30,31)/t17?,18?,19?,20-/m0/s1. The van der Waals surface area contributed by atoms with E-state index in [2.05, 4.69) is 23.3 Å². The molecule has 33 heavy (non-hydrogen) atoms. The highest BCUT2D eigenvalue weighted by Crippen LogP contribution is 2.25. The first-order valence-corrected chi connectivity index (χ1v) is 11.8. The molecule has 1 aromatic carbocycles. The van der Waals surface area contributed by atoms with Crippen molar-refractivity contribution in [2.45, 2.75) is 57.4 Å². The molecular weight excluding hydrogens is 444 g/mol. The largest absolute Gasteiger partial charge is 0.480 e. The third-order valence-corrected chi connectivity index (χ3v) is 6.30. The number of methoxy groups -OCH3 is 1. The zero-order valence-corrected chi connectivity index (χ0v) is 20.4. The molecule has 4 atom stereocenters. The Morgan fingerprint density at radius 2 is 1.94 bits per heavy atom. The summed E-state index contributed by atoms with van der Waals surface area (Å²) in [5.74, 6) is -1.41. The van der Waals surface area contributed by atoms with Crippen molar-refractivity contribution in [2.24, 2.45) is 11.7 Å². The van der Waals surface area contributed by atoms with E-state index in [4.69, 9.17) is 10.5 Å². The molecule has 1 heterocycles. The van der Waals surface area contributed by atoms with Crippen LogP contribution in [0, 0.1) is 5.92 Å². The van der Waals surface area contributed by atoms with Crippen LogP contribution in [0.4, 0.5) is 0 Å². The molecule has 1 aliphatic rings. The van der Waals surface area contributed by atoms with Gasteiger partial charge in [0.1, 0.15) is 12.1 Å². The van der Waals surface area contributed by atoms with E-state index in [1.807, 2.05) is 38.1 Å². The smallest absolute Gasteiger partial charge is 0.326 e. The number of nitrogens with two attached hydrogens (primary N) is 1. The third-order valence-electron chi connectivity index (χ3n) is 5.83. The number of nitrogens with one attached hydrogen (secondary N) is 2. The zero-order valence-electron chi connectivity index (χ0n) is 19.5. The number of nitrogens with zero attached hydrogens (tertiary/aromatic N) is 1. The molecule has 0 aromatic heterocycles. The summed E-state index contributed by atoms with van der Waals surface area (Å²) in [7, 11) is 1.47. The van der Waals surface area contributed by atoms with Crippen molar-refractivity contribution in [3.63, 3.8) is 0 Å². The molecule has 5 N–H and O–H groups in total. The monoisotopic (exact) mass is 480 g/mol. The Kier molecular flexibility index (Phi) is 10.6. The van der Waals surface area contributed by atoms with Gasteiger partial charge in [-0.25, -0.2) is 4.79 Å². The van der Waals surface area contributed by atoms with Crippen molar-refractivity contribution >= 4 is 30.4 Å². The fourth-order valence-corrected chi connectivity index (χ4v) is 4.01. The molecule has 10 heteroatoms. The van der Waals surface area contributed by atoms with Gasteiger partial charge < -0.3 is 31.1 Å². The van der Waals surface area contributed by atoms with Crippen molar-refractivity contribution in [2.75, 3.05) is 26.0 Å². The minimum Gasteiger partial charge on any atom is -0.480 e. The lowest BCUT2D eigenvalue weighted by molar-refractivity contribution is -0.147. The van der Waals surface area contributed by atoms with Crippen LogP contribution in [0.5, 0.6) is 0 Å². The van der Waals surface area contributed by atoms with Crippen molar-refractivity contribution in [3.8, 4) is 0 Å².